The maximum atomic E-state index is 11.7. The first-order chi connectivity index (χ1) is 17.9. The van der Waals surface area contributed by atoms with Gasteiger partial charge in [0.2, 0.25) is 0 Å². The molecule has 2 N–H and O–H groups in total. The van der Waals surface area contributed by atoms with Gasteiger partial charge in [-0.25, -0.2) is 9.59 Å². The van der Waals surface area contributed by atoms with E-state index in [-0.39, 0.29) is 5.75 Å². The Morgan fingerprint density at radius 1 is 0.846 bits per heavy atom. The molecule has 4 rings (SSSR count). The quantitative estimate of drug-likeness (QED) is 0.458. The van der Waals surface area contributed by atoms with E-state index in [1.165, 1.54) is 42.8 Å². The maximum absolute atomic E-state index is 11.7. The van der Waals surface area contributed by atoms with E-state index >= 15 is 0 Å². The van der Waals surface area contributed by atoms with Crippen LogP contribution in [0.5, 0.6) is 11.5 Å². The Labute approximate surface area is 231 Å². The number of hydrogen-bond donors (Lipinski definition) is 2. The minimum atomic E-state index is -0.604. The van der Waals surface area contributed by atoms with Crippen molar-refractivity contribution < 1.29 is 34.0 Å². The summed E-state index contributed by atoms with van der Waals surface area (Å²) in [5, 5.41) is 24.9. The second-order valence-corrected chi connectivity index (χ2v) is 12.9. The molecule has 0 atom stereocenters. The third-order valence-corrected chi connectivity index (χ3v) is 6.19. The largest absolute Gasteiger partial charge is 0.505 e. The average molecular weight is 551 g/mol. The van der Waals surface area contributed by atoms with Gasteiger partial charge in [0, 0.05) is 6.61 Å². The summed E-state index contributed by atoms with van der Waals surface area (Å²) in [5.41, 5.74) is -0.0564. The molecular weight excluding hydrogens is 504 g/mol. The summed E-state index contributed by atoms with van der Waals surface area (Å²) in [5.74, 6) is 0.543. The van der Waals surface area contributed by atoms with Crippen molar-refractivity contribution in [2.45, 2.75) is 105 Å². The van der Waals surface area contributed by atoms with Crippen molar-refractivity contribution in [2.24, 2.45) is 10.8 Å². The second-order valence-electron chi connectivity index (χ2n) is 12.9. The summed E-state index contributed by atoms with van der Waals surface area (Å²) < 4.78 is 17.9. The van der Waals surface area contributed by atoms with Gasteiger partial charge in [-0.3, -0.25) is 0 Å². The number of ether oxygens (including phenoxy) is 3. The molecule has 0 amide bonds. The summed E-state index contributed by atoms with van der Waals surface area (Å²) in [7, 11) is 0. The van der Waals surface area contributed by atoms with E-state index in [0.29, 0.717) is 29.8 Å². The predicted molar refractivity (Wildman–Crippen MR) is 146 cm³/mol. The van der Waals surface area contributed by atoms with Crippen LogP contribution in [-0.4, -0.2) is 66.4 Å². The highest BCUT2D eigenvalue weighted by Gasteiger charge is 2.37. The lowest BCUT2D eigenvalue weighted by molar-refractivity contribution is 0.0503. The smallest absolute Gasteiger partial charge is 0.435 e. The zero-order chi connectivity index (χ0) is 29.5. The van der Waals surface area contributed by atoms with Crippen LogP contribution < -0.4 is 4.74 Å². The Morgan fingerprint density at radius 2 is 1.31 bits per heavy atom. The van der Waals surface area contributed by atoms with Crippen LogP contribution in [0.4, 0.5) is 9.59 Å². The van der Waals surface area contributed by atoms with Gasteiger partial charge in [0.05, 0.1) is 31.4 Å². The highest BCUT2D eigenvalue weighted by molar-refractivity contribution is 5.70. The monoisotopic (exact) mass is 550 g/mol. The summed E-state index contributed by atoms with van der Waals surface area (Å²) in [6, 6.07) is 0. The first kappa shape index (κ1) is 32.1. The number of aromatic hydroxyl groups is 1. The molecule has 11 nitrogen and oxygen atoms in total. The maximum Gasteiger partial charge on any atom is 0.435 e. The van der Waals surface area contributed by atoms with Crippen LogP contribution in [0.25, 0.3) is 0 Å². The topological polar surface area (TPSA) is 138 Å². The summed E-state index contributed by atoms with van der Waals surface area (Å²) in [4.78, 5) is 23.0. The van der Waals surface area contributed by atoms with E-state index in [1.807, 2.05) is 20.8 Å². The van der Waals surface area contributed by atoms with Crippen molar-refractivity contribution in [3.63, 3.8) is 0 Å². The van der Waals surface area contributed by atoms with Crippen molar-refractivity contribution in [3.05, 3.63) is 24.8 Å². The third kappa shape index (κ3) is 13.0. The highest BCUT2D eigenvalue weighted by atomic mass is 16.6. The highest BCUT2D eigenvalue weighted by Crippen LogP contribution is 2.48. The number of aliphatic hydroxyl groups excluding tert-OH is 1. The van der Waals surface area contributed by atoms with Gasteiger partial charge >= 0.3 is 12.2 Å². The fourth-order valence-electron chi connectivity index (χ4n) is 3.12. The molecule has 0 unspecified atom stereocenters. The Kier molecular flexibility index (Phi) is 10.6. The zero-order valence-electron chi connectivity index (χ0n) is 24.7. The molecule has 0 bridgehead atoms. The summed E-state index contributed by atoms with van der Waals surface area (Å²) in [6.07, 6.45) is 11.6. The van der Waals surface area contributed by atoms with E-state index in [1.54, 1.807) is 33.2 Å². The molecule has 2 aliphatic rings. The molecule has 2 heterocycles. The standard InChI is InChI=1S/C14H22N2O3.C8H12N2O3.C6H12O/c1-13(2,3)19-12(17)16-10-11(9-15-16)18-8-7-14(4)5-6-14;1-8(2,3)13-7(12)10-5-6(11)4-9-10;1-6(2-3-6)4-5-7/h9-10H,5-8H2,1-4H3;4-5,11H,1-3H3;7H,2-5H2,1H3. The molecule has 220 valence electrons. The number of hydrogen-bond acceptors (Lipinski definition) is 9. The molecule has 0 aromatic carbocycles. The Balaban J connectivity index is 0.000000229. The minimum absolute atomic E-state index is 0.0640. The number of nitrogens with zero attached hydrogens (tertiary/aromatic N) is 4. The van der Waals surface area contributed by atoms with Crippen molar-refractivity contribution in [1.29, 1.82) is 0 Å². The van der Waals surface area contributed by atoms with Gasteiger partial charge in [0.1, 0.15) is 11.2 Å². The van der Waals surface area contributed by atoms with E-state index in [4.69, 9.17) is 24.4 Å². The molecular formula is C28H46N4O7. The zero-order valence-corrected chi connectivity index (χ0v) is 24.7. The molecule has 2 saturated carbocycles. The van der Waals surface area contributed by atoms with Gasteiger partial charge in [0.15, 0.2) is 11.5 Å². The van der Waals surface area contributed by atoms with Gasteiger partial charge in [-0.2, -0.15) is 19.6 Å². The number of carbonyl (C=O) groups excluding carboxylic acids is 2. The van der Waals surface area contributed by atoms with Crippen molar-refractivity contribution in [2.75, 3.05) is 13.2 Å². The van der Waals surface area contributed by atoms with Crippen molar-refractivity contribution in [1.82, 2.24) is 19.6 Å². The first-order valence-electron chi connectivity index (χ1n) is 13.4. The molecule has 0 radical (unpaired) electrons. The SMILES string of the molecule is CC(C)(C)OC(=O)n1cc(O)cn1.CC1(CCO)CC1.CC1(CCOc2cnn(C(=O)OC(C)(C)C)c2)CC1. The predicted octanol–water partition coefficient (Wildman–Crippen LogP) is 5.78. The molecule has 39 heavy (non-hydrogen) atoms. The lowest BCUT2D eigenvalue weighted by Crippen LogP contribution is -2.27. The van der Waals surface area contributed by atoms with E-state index in [9.17, 15) is 9.59 Å². The van der Waals surface area contributed by atoms with E-state index in [0.717, 1.165) is 17.5 Å². The van der Waals surface area contributed by atoms with Gasteiger partial charge in [0.25, 0.3) is 0 Å². The van der Waals surface area contributed by atoms with Crippen LogP contribution in [0, 0.1) is 10.8 Å². The summed E-state index contributed by atoms with van der Waals surface area (Å²) >= 11 is 0. The number of aromatic nitrogens is 4. The van der Waals surface area contributed by atoms with Crippen LogP contribution in [0.1, 0.15) is 93.9 Å². The van der Waals surface area contributed by atoms with Crippen molar-refractivity contribution in [3.8, 4) is 11.5 Å². The van der Waals surface area contributed by atoms with Crippen LogP contribution >= 0.6 is 0 Å². The molecule has 0 spiro atoms. The lowest BCUT2D eigenvalue weighted by atomic mass is 10.1. The molecule has 2 fully saturated rings. The first-order valence-corrected chi connectivity index (χ1v) is 13.4. The van der Waals surface area contributed by atoms with Gasteiger partial charge in [-0.05, 0) is 90.9 Å². The molecule has 2 aromatic rings. The van der Waals surface area contributed by atoms with Crippen molar-refractivity contribution >= 4 is 12.2 Å². The number of rotatable bonds is 6. The summed E-state index contributed by atoms with van der Waals surface area (Å²) in [6.45, 7) is 16.3. The normalized spacial score (nSPS) is 16.5. The fourth-order valence-corrected chi connectivity index (χ4v) is 3.12. The van der Waals surface area contributed by atoms with Crippen LogP contribution in [0.2, 0.25) is 0 Å². The van der Waals surface area contributed by atoms with Crippen LogP contribution in [-0.2, 0) is 9.47 Å². The molecule has 0 aliphatic heterocycles. The Bertz CT molecular complexity index is 1070. The second kappa shape index (κ2) is 12.8. The Morgan fingerprint density at radius 3 is 1.69 bits per heavy atom. The van der Waals surface area contributed by atoms with Crippen LogP contribution in [0.15, 0.2) is 24.8 Å². The van der Waals surface area contributed by atoms with Gasteiger partial charge < -0.3 is 24.4 Å². The minimum Gasteiger partial charge on any atom is -0.505 e. The number of aliphatic hydroxyl groups is 1. The van der Waals surface area contributed by atoms with Gasteiger partial charge in [-0.1, -0.05) is 13.8 Å². The third-order valence-electron chi connectivity index (χ3n) is 6.19. The van der Waals surface area contributed by atoms with E-state index < -0.39 is 23.4 Å². The lowest BCUT2D eigenvalue weighted by Gasteiger charge is -2.18. The Hall–Kier alpha value is -3.08. The molecule has 11 heteroatoms. The number of carbonyl (C=O) groups is 2. The molecule has 0 saturated heterocycles. The fraction of sp³-hybridized carbons (Fsp3) is 0.714. The van der Waals surface area contributed by atoms with Crippen LogP contribution in [0.3, 0.4) is 0 Å². The van der Waals surface area contributed by atoms with E-state index in [2.05, 4.69) is 24.0 Å². The molecule has 2 aromatic heterocycles. The molecule has 2 aliphatic carbocycles. The average Bonchev–Trinajstić information content (AvgIpc) is 3.55. The van der Waals surface area contributed by atoms with Gasteiger partial charge in [-0.15, -0.1) is 0 Å².